The highest BCUT2D eigenvalue weighted by molar-refractivity contribution is 5.69. The minimum atomic E-state index is -0.851. The molecule has 0 amide bonds. The van der Waals surface area contributed by atoms with Crippen molar-refractivity contribution in [2.45, 2.75) is 26.8 Å². The Morgan fingerprint density at radius 2 is 1.95 bits per heavy atom. The van der Waals surface area contributed by atoms with Crippen molar-refractivity contribution in [2.75, 3.05) is 0 Å². The number of carboxylic acid groups (broad SMARTS) is 1. The topological polar surface area (TPSA) is 55.1 Å². The van der Waals surface area contributed by atoms with Gasteiger partial charge in [0.25, 0.3) is 0 Å². The second-order valence-electron chi connectivity index (χ2n) is 4.42. The molecule has 2 aromatic rings. The summed E-state index contributed by atoms with van der Waals surface area (Å²) in [5.74, 6) is -1.13. The zero-order valence-electron chi connectivity index (χ0n) is 10.9. The van der Waals surface area contributed by atoms with Crippen molar-refractivity contribution in [3.05, 3.63) is 41.5 Å². The lowest BCUT2D eigenvalue weighted by Gasteiger charge is -2.04. The molecule has 19 heavy (non-hydrogen) atoms. The number of hydrogen-bond acceptors (Lipinski definition) is 2. The van der Waals surface area contributed by atoms with Gasteiger partial charge in [0.15, 0.2) is 0 Å². The molecular formula is C14H15FN2O2. The van der Waals surface area contributed by atoms with E-state index in [0.717, 1.165) is 22.5 Å². The van der Waals surface area contributed by atoms with Gasteiger partial charge >= 0.3 is 5.97 Å². The Balaban J connectivity index is 2.36. The van der Waals surface area contributed by atoms with Crippen LogP contribution in [0.3, 0.4) is 0 Å². The van der Waals surface area contributed by atoms with Crippen LogP contribution in [0.1, 0.15) is 17.8 Å². The maximum absolute atomic E-state index is 12.9. The first-order chi connectivity index (χ1) is 8.99. The summed E-state index contributed by atoms with van der Waals surface area (Å²) in [6.07, 6.45) is 0.0326. The second-order valence-corrected chi connectivity index (χ2v) is 4.42. The zero-order valence-corrected chi connectivity index (χ0v) is 10.9. The van der Waals surface area contributed by atoms with E-state index in [9.17, 15) is 9.18 Å². The summed E-state index contributed by atoms with van der Waals surface area (Å²) < 4.78 is 14.6. The Morgan fingerprint density at radius 3 is 2.53 bits per heavy atom. The number of halogens is 1. The predicted octanol–water partition coefficient (Wildman–Crippen LogP) is 2.78. The summed E-state index contributed by atoms with van der Waals surface area (Å²) in [4.78, 5) is 10.6. The first-order valence-corrected chi connectivity index (χ1v) is 6.01. The van der Waals surface area contributed by atoms with Gasteiger partial charge in [-0.1, -0.05) is 12.1 Å². The number of carboxylic acids is 1. The van der Waals surface area contributed by atoms with Crippen LogP contribution in [0.2, 0.25) is 0 Å². The fourth-order valence-electron chi connectivity index (χ4n) is 2.15. The standard InChI is InChI=1S/C14H15FN2O2/c1-9-14(11-3-5-12(15)6-4-11)10(2)17(16-9)8-7-13(18)19/h3-6H,7-8H2,1-2H3,(H,18,19). The van der Waals surface area contributed by atoms with Crippen LogP contribution in [-0.2, 0) is 11.3 Å². The van der Waals surface area contributed by atoms with Gasteiger partial charge in [0, 0.05) is 11.3 Å². The highest BCUT2D eigenvalue weighted by atomic mass is 19.1. The first-order valence-electron chi connectivity index (χ1n) is 6.01. The molecule has 1 heterocycles. The number of benzene rings is 1. The van der Waals surface area contributed by atoms with E-state index in [0.29, 0.717) is 6.54 Å². The molecule has 0 aliphatic carbocycles. The zero-order chi connectivity index (χ0) is 14.0. The van der Waals surface area contributed by atoms with Crippen LogP contribution >= 0.6 is 0 Å². The van der Waals surface area contributed by atoms with Crippen molar-refractivity contribution in [3.63, 3.8) is 0 Å². The summed E-state index contributed by atoms with van der Waals surface area (Å²) in [7, 11) is 0. The van der Waals surface area contributed by atoms with Gasteiger partial charge in [-0.3, -0.25) is 9.48 Å². The average Bonchev–Trinajstić information content (AvgIpc) is 2.63. The van der Waals surface area contributed by atoms with Crippen LogP contribution in [-0.4, -0.2) is 20.9 Å². The third kappa shape index (κ3) is 2.81. The Hall–Kier alpha value is -2.17. The van der Waals surface area contributed by atoms with Crippen molar-refractivity contribution in [2.24, 2.45) is 0 Å². The van der Waals surface area contributed by atoms with Gasteiger partial charge in [-0.05, 0) is 31.5 Å². The molecule has 0 fully saturated rings. The van der Waals surface area contributed by atoms with Gasteiger partial charge in [0.1, 0.15) is 5.82 Å². The summed E-state index contributed by atoms with van der Waals surface area (Å²) in [6, 6.07) is 6.22. The summed E-state index contributed by atoms with van der Waals surface area (Å²) >= 11 is 0. The molecule has 0 unspecified atom stereocenters. The molecule has 0 radical (unpaired) electrons. The fourth-order valence-corrected chi connectivity index (χ4v) is 2.15. The van der Waals surface area contributed by atoms with Gasteiger partial charge in [0.2, 0.25) is 0 Å². The smallest absolute Gasteiger partial charge is 0.305 e. The number of carbonyl (C=O) groups is 1. The van der Waals surface area contributed by atoms with E-state index in [1.54, 1.807) is 16.8 Å². The Kier molecular flexibility index (Phi) is 3.64. The number of nitrogens with zero attached hydrogens (tertiary/aromatic N) is 2. The number of aryl methyl sites for hydroxylation is 2. The quantitative estimate of drug-likeness (QED) is 0.921. The maximum Gasteiger partial charge on any atom is 0.305 e. The molecule has 100 valence electrons. The van der Waals surface area contributed by atoms with E-state index in [-0.39, 0.29) is 12.2 Å². The minimum Gasteiger partial charge on any atom is -0.481 e. The lowest BCUT2D eigenvalue weighted by molar-refractivity contribution is -0.137. The van der Waals surface area contributed by atoms with E-state index in [1.165, 1.54) is 12.1 Å². The summed E-state index contributed by atoms with van der Waals surface area (Å²) in [5.41, 5.74) is 3.53. The third-order valence-electron chi connectivity index (χ3n) is 3.05. The third-order valence-corrected chi connectivity index (χ3v) is 3.05. The molecule has 0 bridgehead atoms. The number of rotatable bonds is 4. The van der Waals surface area contributed by atoms with Crippen molar-refractivity contribution in [1.82, 2.24) is 9.78 Å². The highest BCUT2D eigenvalue weighted by Crippen LogP contribution is 2.27. The molecule has 5 heteroatoms. The molecule has 0 spiro atoms. The molecule has 4 nitrogen and oxygen atoms in total. The Morgan fingerprint density at radius 1 is 1.32 bits per heavy atom. The van der Waals surface area contributed by atoms with Crippen LogP contribution in [0.15, 0.2) is 24.3 Å². The Labute approximate surface area is 110 Å². The van der Waals surface area contributed by atoms with Gasteiger partial charge in [-0.25, -0.2) is 4.39 Å². The number of aliphatic carboxylic acids is 1. The fraction of sp³-hybridized carbons (Fsp3) is 0.286. The van der Waals surface area contributed by atoms with Gasteiger partial charge in [-0.15, -0.1) is 0 Å². The monoisotopic (exact) mass is 262 g/mol. The molecule has 1 aromatic carbocycles. The van der Waals surface area contributed by atoms with Gasteiger partial charge < -0.3 is 5.11 Å². The van der Waals surface area contributed by atoms with Crippen molar-refractivity contribution in [1.29, 1.82) is 0 Å². The lowest BCUT2D eigenvalue weighted by atomic mass is 10.0. The molecule has 0 atom stereocenters. The maximum atomic E-state index is 12.9. The van der Waals surface area contributed by atoms with Gasteiger partial charge in [-0.2, -0.15) is 5.10 Å². The van der Waals surface area contributed by atoms with Gasteiger partial charge in [0.05, 0.1) is 18.7 Å². The molecule has 1 N–H and O–H groups in total. The molecule has 1 aromatic heterocycles. The lowest BCUT2D eigenvalue weighted by Crippen LogP contribution is -2.07. The van der Waals surface area contributed by atoms with Crippen LogP contribution < -0.4 is 0 Å². The molecular weight excluding hydrogens is 247 g/mol. The van der Waals surface area contributed by atoms with E-state index in [2.05, 4.69) is 5.10 Å². The normalized spacial score (nSPS) is 10.7. The molecule has 0 aliphatic rings. The van der Waals surface area contributed by atoms with E-state index in [1.807, 2.05) is 13.8 Å². The van der Waals surface area contributed by atoms with E-state index < -0.39 is 5.97 Å². The van der Waals surface area contributed by atoms with Crippen LogP contribution in [0.25, 0.3) is 11.1 Å². The van der Waals surface area contributed by atoms with E-state index >= 15 is 0 Å². The highest BCUT2D eigenvalue weighted by Gasteiger charge is 2.13. The SMILES string of the molecule is Cc1nn(CCC(=O)O)c(C)c1-c1ccc(F)cc1. The van der Waals surface area contributed by atoms with Crippen LogP contribution in [0.5, 0.6) is 0 Å². The largest absolute Gasteiger partial charge is 0.481 e. The predicted molar refractivity (Wildman–Crippen MR) is 69.3 cm³/mol. The first kappa shape index (κ1) is 13.3. The van der Waals surface area contributed by atoms with Crippen LogP contribution in [0, 0.1) is 19.7 Å². The van der Waals surface area contributed by atoms with Crippen molar-refractivity contribution in [3.8, 4) is 11.1 Å². The Bertz CT molecular complexity index is 603. The van der Waals surface area contributed by atoms with Crippen LogP contribution in [0.4, 0.5) is 4.39 Å². The minimum absolute atomic E-state index is 0.0326. The number of aromatic nitrogens is 2. The summed E-state index contributed by atoms with van der Waals surface area (Å²) in [6.45, 7) is 4.09. The van der Waals surface area contributed by atoms with E-state index in [4.69, 9.17) is 5.11 Å². The number of hydrogen-bond donors (Lipinski definition) is 1. The molecule has 0 aliphatic heterocycles. The molecule has 0 saturated heterocycles. The van der Waals surface area contributed by atoms with Crippen molar-refractivity contribution < 1.29 is 14.3 Å². The van der Waals surface area contributed by atoms with Crippen molar-refractivity contribution >= 4 is 5.97 Å². The summed E-state index contributed by atoms with van der Waals surface area (Å²) in [5, 5.41) is 13.0. The molecule has 2 rings (SSSR count). The second kappa shape index (κ2) is 5.22. The average molecular weight is 262 g/mol. The molecule has 0 saturated carbocycles.